The molecule has 1 unspecified atom stereocenters. The molecule has 0 heterocycles. The van der Waals surface area contributed by atoms with E-state index in [1.807, 2.05) is 32.0 Å². The molecular weight excluding hydrogens is 218 g/mol. The third-order valence-electron chi connectivity index (χ3n) is 2.60. The van der Waals surface area contributed by atoms with Crippen molar-refractivity contribution in [3.8, 4) is 5.75 Å². The fourth-order valence-corrected chi connectivity index (χ4v) is 1.36. The molecule has 0 amide bonds. The van der Waals surface area contributed by atoms with Gasteiger partial charge in [0.15, 0.2) is 0 Å². The van der Waals surface area contributed by atoms with Gasteiger partial charge in [0, 0.05) is 6.04 Å². The second-order valence-electron chi connectivity index (χ2n) is 4.10. The number of ether oxygens (including phenoxy) is 2. The molecule has 2 N–H and O–H groups in total. The molecule has 0 aliphatic rings. The first-order valence-corrected chi connectivity index (χ1v) is 5.55. The van der Waals surface area contributed by atoms with Crippen molar-refractivity contribution in [2.45, 2.75) is 26.3 Å². The van der Waals surface area contributed by atoms with Gasteiger partial charge in [-0.1, -0.05) is 6.07 Å². The molecule has 0 spiro atoms. The number of aryl methyl sites for hydroxylation is 2. The van der Waals surface area contributed by atoms with E-state index in [2.05, 4.69) is 4.74 Å². The van der Waals surface area contributed by atoms with Gasteiger partial charge in [-0.2, -0.15) is 0 Å². The van der Waals surface area contributed by atoms with Crippen molar-refractivity contribution in [2.75, 3.05) is 13.7 Å². The van der Waals surface area contributed by atoms with Gasteiger partial charge in [0.2, 0.25) is 0 Å². The maximum absolute atomic E-state index is 11.0. The smallest absolute Gasteiger partial charge is 0.307 e. The first-order valence-electron chi connectivity index (χ1n) is 5.55. The van der Waals surface area contributed by atoms with Crippen LogP contribution in [0.4, 0.5) is 0 Å². The van der Waals surface area contributed by atoms with Crippen LogP contribution in [0.3, 0.4) is 0 Å². The number of hydrogen-bond donors (Lipinski definition) is 1. The quantitative estimate of drug-likeness (QED) is 0.790. The molecular formula is C13H19NO3. The Morgan fingerprint density at radius 2 is 2.06 bits per heavy atom. The van der Waals surface area contributed by atoms with Crippen LogP contribution in [0.2, 0.25) is 0 Å². The minimum absolute atomic E-state index is 0.168. The number of esters is 1. The minimum atomic E-state index is -0.343. The fraction of sp³-hybridized carbons (Fsp3) is 0.462. The first-order chi connectivity index (χ1) is 8.02. The number of rotatable bonds is 5. The number of nitrogens with two attached hydrogens (primary N) is 1. The highest BCUT2D eigenvalue weighted by Crippen LogP contribution is 2.16. The topological polar surface area (TPSA) is 61.5 Å². The van der Waals surface area contributed by atoms with Crippen molar-refractivity contribution in [3.05, 3.63) is 29.3 Å². The zero-order chi connectivity index (χ0) is 12.8. The van der Waals surface area contributed by atoms with Crippen molar-refractivity contribution < 1.29 is 14.3 Å². The van der Waals surface area contributed by atoms with Crippen LogP contribution in [-0.4, -0.2) is 25.7 Å². The normalized spacial score (nSPS) is 12.0. The lowest BCUT2D eigenvalue weighted by Gasteiger charge is -2.13. The molecule has 0 saturated heterocycles. The predicted molar refractivity (Wildman–Crippen MR) is 66.0 cm³/mol. The Morgan fingerprint density at radius 3 is 2.65 bits per heavy atom. The van der Waals surface area contributed by atoms with Gasteiger partial charge < -0.3 is 15.2 Å². The van der Waals surface area contributed by atoms with Crippen LogP contribution in [0.25, 0.3) is 0 Å². The second kappa shape index (κ2) is 6.25. The maximum Gasteiger partial charge on any atom is 0.307 e. The largest absolute Gasteiger partial charge is 0.492 e. The third kappa shape index (κ3) is 4.44. The molecule has 1 aromatic rings. The predicted octanol–water partition coefficient (Wildman–Crippen LogP) is 1.57. The van der Waals surface area contributed by atoms with Gasteiger partial charge in [-0.3, -0.25) is 4.79 Å². The molecule has 4 heteroatoms. The molecule has 1 rings (SSSR count). The molecule has 94 valence electrons. The summed E-state index contributed by atoms with van der Waals surface area (Å²) in [6, 6.07) is 5.51. The van der Waals surface area contributed by atoms with E-state index in [1.165, 1.54) is 18.2 Å². The van der Waals surface area contributed by atoms with Crippen molar-refractivity contribution in [1.29, 1.82) is 0 Å². The SMILES string of the molecule is COC(=O)CC(N)COc1ccc(C)c(C)c1. The Labute approximate surface area is 102 Å². The van der Waals surface area contributed by atoms with Crippen molar-refractivity contribution in [3.63, 3.8) is 0 Å². The highest BCUT2D eigenvalue weighted by atomic mass is 16.5. The van der Waals surface area contributed by atoms with Crippen molar-refractivity contribution in [1.82, 2.24) is 0 Å². The summed E-state index contributed by atoms with van der Waals surface area (Å²) in [5.74, 6) is 0.453. The molecule has 0 saturated carbocycles. The van der Waals surface area contributed by atoms with Crippen molar-refractivity contribution in [2.24, 2.45) is 5.73 Å². The lowest BCUT2D eigenvalue weighted by atomic mass is 10.1. The third-order valence-corrected chi connectivity index (χ3v) is 2.60. The Kier molecular flexibility index (Phi) is 4.97. The summed E-state index contributed by atoms with van der Waals surface area (Å²) in [6.45, 7) is 4.37. The van der Waals surface area contributed by atoms with E-state index in [0.29, 0.717) is 6.61 Å². The zero-order valence-corrected chi connectivity index (χ0v) is 10.5. The molecule has 17 heavy (non-hydrogen) atoms. The molecule has 0 aliphatic carbocycles. The number of carbonyl (C=O) groups is 1. The van der Waals surface area contributed by atoms with Crippen LogP contribution in [-0.2, 0) is 9.53 Å². The molecule has 1 aromatic carbocycles. The summed E-state index contributed by atoms with van der Waals surface area (Å²) in [5, 5.41) is 0. The van der Waals surface area contributed by atoms with E-state index in [-0.39, 0.29) is 18.4 Å². The van der Waals surface area contributed by atoms with Gasteiger partial charge >= 0.3 is 5.97 Å². The highest BCUT2D eigenvalue weighted by Gasteiger charge is 2.10. The zero-order valence-electron chi connectivity index (χ0n) is 10.5. The summed E-state index contributed by atoms with van der Waals surface area (Å²) in [6.07, 6.45) is 0.168. The second-order valence-corrected chi connectivity index (χ2v) is 4.10. The standard InChI is InChI=1S/C13H19NO3/c1-9-4-5-12(6-10(9)2)17-8-11(14)7-13(15)16-3/h4-6,11H,7-8,14H2,1-3H3. The lowest BCUT2D eigenvalue weighted by molar-refractivity contribution is -0.141. The van der Waals surface area contributed by atoms with Crippen molar-refractivity contribution >= 4 is 5.97 Å². The van der Waals surface area contributed by atoms with Gasteiger partial charge in [0.1, 0.15) is 12.4 Å². The highest BCUT2D eigenvalue weighted by molar-refractivity contribution is 5.69. The Bertz CT molecular complexity index is 390. The van der Waals surface area contributed by atoms with Crippen LogP contribution in [0.15, 0.2) is 18.2 Å². The van der Waals surface area contributed by atoms with Crippen LogP contribution in [0, 0.1) is 13.8 Å². The summed E-state index contributed by atoms with van der Waals surface area (Å²) in [7, 11) is 1.35. The number of methoxy groups -OCH3 is 1. The average Bonchev–Trinajstić information content (AvgIpc) is 2.30. The van der Waals surface area contributed by atoms with Gasteiger partial charge in [0.25, 0.3) is 0 Å². The van der Waals surface area contributed by atoms with Gasteiger partial charge in [0.05, 0.1) is 13.5 Å². The minimum Gasteiger partial charge on any atom is -0.492 e. The molecule has 0 aromatic heterocycles. The molecule has 0 aliphatic heterocycles. The Morgan fingerprint density at radius 1 is 1.35 bits per heavy atom. The molecule has 0 fully saturated rings. The number of hydrogen-bond acceptors (Lipinski definition) is 4. The van der Waals surface area contributed by atoms with Gasteiger partial charge in [-0.25, -0.2) is 0 Å². The molecule has 1 atom stereocenters. The van der Waals surface area contributed by atoms with Crippen LogP contribution in [0.1, 0.15) is 17.5 Å². The van der Waals surface area contributed by atoms with Crippen LogP contribution >= 0.6 is 0 Å². The maximum atomic E-state index is 11.0. The lowest BCUT2D eigenvalue weighted by Crippen LogP contribution is -2.30. The average molecular weight is 237 g/mol. The fourth-order valence-electron chi connectivity index (χ4n) is 1.36. The molecule has 0 bridgehead atoms. The monoisotopic (exact) mass is 237 g/mol. The molecule has 4 nitrogen and oxygen atoms in total. The number of benzene rings is 1. The van der Waals surface area contributed by atoms with E-state index < -0.39 is 0 Å². The Hall–Kier alpha value is -1.55. The van der Waals surface area contributed by atoms with E-state index in [4.69, 9.17) is 10.5 Å². The van der Waals surface area contributed by atoms with Crippen LogP contribution < -0.4 is 10.5 Å². The molecule has 0 radical (unpaired) electrons. The van der Waals surface area contributed by atoms with Gasteiger partial charge in [-0.15, -0.1) is 0 Å². The summed E-state index contributed by atoms with van der Waals surface area (Å²) in [4.78, 5) is 11.0. The van der Waals surface area contributed by atoms with Crippen LogP contribution in [0.5, 0.6) is 5.75 Å². The van der Waals surface area contributed by atoms with E-state index >= 15 is 0 Å². The van der Waals surface area contributed by atoms with Gasteiger partial charge in [-0.05, 0) is 37.1 Å². The number of carbonyl (C=O) groups excluding carboxylic acids is 1. The first kappa shape index (κ1) is 13.5. The summed E-state index contributed by atoms with van der Waals surface area (Å²) < 4.78 is 10.0. The summed E-state index contributed by atoms with van der Waals surface area (Å²) >= 11 is 0. The Balaban J connectivity index is 2.44. The summed E-state index contributed by atoms with van der Waals surface area (Å²) in [5.41, 5.74) is 8.13. The van der Waals surface area contributed by atoms with E-state index in [0.717, 1.165) is 5.75 Å². The van der Waals surface area contributed by atoms with E-state index in [1.54, 1.807) is 0 Å². The van der Waals surface area contributed by atoms with E-state index in [9.17, 15) is 4.79 Å².